The number of esters is 1. The van der Waals surface area contributed by atoms with Crippen LogP contribution in [0.15, 0.2) is 10.5 Å². The molecule has 0 unspecified atom stereocenters. The van der Waals surface area contributed by atoms with Crippen molar-refractivity contribution in [2.24, 2.45) is 0 Å². The van der Waals surface area contributed by atoms with Crippen molar-refractivity contribution in [3.05, 3.63) is 17.4 Å². The van der Waals surface area contributed by atoms with E-state index in [2.05, 4.69) is 4.74 Å². The van der Waals surface area contributed by atoms with Gasteiger partial charge in [0.05, 0.1) is 6.61 Å². The lowest BCUT2D eigenvalue weighted by Gasteiger charge is -1.97. The maximum atomic E-state index is 11.3. The van der Waals surface area contributed by atoms with Gasteiger partial charge in [0.25, 0.3) is 11.7 Å². The Kier molecular flexibility index (Phi) is 2.91. The van der Waals surface area contributed by atoms with Gasteiger partial charge in [-0.2, -0.15) is 0 Å². The van der Waals surface area contributed by atoms with Crippen LogP contribution >= 0.6 is 0 Å². The van der Waals surface area contributed by atoms with Crippen LogP contribution in [0.25, 0.3) is 0 Å². The molecule has 0 amide bonds. The van der Waals surface area contributed by atoms with Gasteiger partial charge in [0.1, 0.15) is 11.3 Å². The number of ketones is 1. The predicted octanol–water partition coefficient (Wildman–Crippen LogP) is 1.04. The van der Waals surface area contributed by atoms with Crippen molar-refractivity contribution in [1.29, 1.82) is 0 Å². The van der Waals surface area contributed by atoms with Gasteiger partial charge >= 0.3 is 5.97 Å². The molecule has 0 saturated heterocycles. The Morgan fingerprint density at radius 3 is 2.64 bits per heavy atom. The highest BCUT2D eigenvalue weighted by Gasteiger charge is 2.23. The van der Waals surface area contributed by atoms with Crippen molar-refractivity contribution >= 4 is 11.8 Å². The van der Waals surface area contributed by atoms with Crippen LogP contribution in [0.4, 0.5) is 0 Å². The summed E-state index contributed by atoms with van der Waals surface area (Å²) < 4.78 is 9.17. The van der Waals surface area contributed by atoms with Gasteiger partial charge in [-0.15, -0.1) is 0 Å². The van der Waals surface area contributed by atoms with Crippen LogP contribution in [0.3, 0.4) is 0 Å². The second-order valence-electron chi connectivity index (χ2n) is 2.63. The zero-order chi connectivity index (χ0) is 10.7. The highest BCUT2D eigenvalue weighted by atomic mass is 16.5. The van der Waals surface area contributed by atoms with E-state index in [0.717, 1.165) is 0 Å². The third-order valence-corrected chi connectivity index (χ3v) is 1.54. The van der Waals surface area contributed by atoms with Crippen LogP contribution < -0.4 is 0 Å². The minimum absolute atomic E-state index is 0.113. The fourth-order valence-electron chi connectivity index (χ4n) is 0.971. The molecule has 1 aromatic heterocycles. The van der Waals surface area contributed by atoms with Crippen molar-refractivity contribution in [1.82, 2.24) is 0 Å². The summed E-state index contributed by atoms with van der Waals surface area (Å²) in [5, 5.41) is 9.12. The van der Waals surface area contributed by atoms with Crippen molar-refractivity contribution < 1.29 is 23.8 Å². The van der Waals surface area contributed by atoms with E-state index in [9.17, 15) is 9.59 Å². The number of carbonyl (C=O) groups excluding carboxylic acids is 2. The van der Waals surface area contributed by atoms with Gasteiger partial charge in [-0.1, -0.05) is 0 Å². The quantitative estimate of drug-likeness (QED) is 0.446. The molecule has 5 nitrogen and oxygen atoms in total. The molecule has 0 fully saturated rings. The molecule has 0 aliphatic rings. The number of aromatic hydroxyl groups is 1. The van der Waals surface area contributed by atoms with E-state index < -0.39 is 17.7 Å². The van der Waals surface area contributed by atoms with Crippen LogP contribution in [-0.4, -0.2) is 23.5 Å². The second-order valence-corrected chi connectivity index (χ2v) is 2.63. The number of Topliss-reactive ketones (excluding diaryl/α,β-unsaturated/α-hetero) is 1. The number of aryl methyl sites for hydroxylation is 1. The molecular formula is C9H10O5. The van der Waals surface area contributed by atoms with Gasteiger partial charge in [-0.25, -0.2) is 4.79 Å². The van der Waals surface area contributed by atoms with E-state index in [1.54, 1.807) is 13.8 Å². The molecule has 0 aliphatic carbocycles. The first kappa shape index (κ1) is 10.3. The van der Waals surface area contributed by atoms with Gasteiger partial charge in [0.15, 0.2) is 0 Å². The zero-order valence-corrected chi connectivity index (χ0v) is 7.86. The number of rotatable bonds is 3. The first-order valence-electron chi connectivity index (χ1n) is 4.07. The molecule has 5 heteroatoms. The SMILES string of the molecule is CCOC(=O)C(=O)c1cc(C)oc1O. The van der Waals surface area contributed by atoms with Crippen LogP contribution in [-0.2, 0) is 9.53 Å². The molecule has 0 atom stereocenters. The summed E-state index contributed by atoms with van der Waals surface area (Å²) in [5.41, 5.74) is -0.166. The van der Waals surface area contributed by atoms with Crippen molar-refractivity contribution in [2.75, 3.05) is 6.61 Å². The smallest absolute Gasteiger partial charge is 0.379 e. The third-order valence-electron chi connectivity index (χ3n) is 1.54. The molecule has 1 rings (SSSR count). The molecule has 76 valence electrons. The highest BCUT2D eigenvalue weighted by Crippen LogP contribution is 2.22. The van der Waals surface area contributed by atoms with E-state index in [-0.39, 0.29) is 12.2 Å². The second kappa shape index (κ2) is 3.95. The van der Waals surface area contributed by atoms with E-state index >= 15 is 0 Å². The largest absolute Gasteiger partial charge is 0.480 e. The lowest BCUT2D eigenvalue weighted by atomic mass is 10.2. The summed E-state index contributed by atoms with van der Waals surface area (Å²) in [4.78, 5) is 22.3. The van der Waals surface area contributed by atoms with Crippen LogP contribution in [0.1, 0.15) is 23.0 Å². The van der Waals surface area contributed by atoms with Gasteiger partial charge in [0, 0.05) is 0 Å². The van der Waals surface area contributed by atoms with E-state index in [0.29, 0.717) is 5.76 Å². The minimum atomic E-state index is -0.997. The Balaban J connectivity index is 2.89. The van der Waals surface area contributed by atoms with Crippen molar-refractivity contribution in [3.8, 4) is 5.95 Å². The van der Waals surface area contributed by atoms with Gasteiger partial charge in [-0.3, -0.25) is 4.79 Å². The minimum Gasteiger partial charge on any atom is -0.480 e. The molecule has 1 N–H and O–H groups in total. The zero-order valence-electron chi connectivity index (χ0n) is 7.86. The Hall–Kier alpha value is -1.78. The molecule has 0 radical (unpaired) electrons. The Morgan fingerprint density at radius 1 is 1.57 bits per heavy atom. The summed E-state index contributed by atoms with van der Waals surface area (Å²) in [6.07, 6.45) is 0. The van der Waals surface area contributed by atoms with Crippen molar-refractivity contribution in [2.45, 2.75) is 13.8 Å². The number of carbonyl (C=O) groups is 2. The van der Waals surface area contributed by atoms with Crippen LogP contribution in [0.5, 0.6) is 5.95 Å². The molecule has 1 heterocycles. The summed E-state index contributed by atoms with van der Waals surface area (Å²) in [5.74, 6) is -2.10. The molecule has 0 saturated carbocycles. The molecule has 0 aliphatic heterocycles. The molecular weight excluding hydrogens is 188 g/mol. The van der Waals surface area contributed by atoms with Crippen LogP contribution in [0.2, 0.25) is 0 Å². The van der Waals surface area contributed by atoms with Gasteiger partial charge in [0.2, 0.25) is 0 Å². The van der Waals surface area contributed by atoms with Crippen molar-refractivity contribution in [3.63, 3.8) is 0 Å². The molecule has 14 heavy (non-hydrogen) atoms. The Bertz CT molecular complexity index is 363. The normalized spacial score (nSPS) is 9.86. The summed E-state index contributed by atoms with van der Waals surface area (Å²) in [7, 11) is 0. The van der Waals surface area contributed by atoms with E-state index in [1.165, 1.54) is 6.07 Å². The third kappa shape index (κ3) is 1.93. The lowest BCUT2D eigenvalue weighted by Crippen LogP contribution is -2.16. The molecule has 0 bridgehead atoms. The topological polar surface area (TPSA) is 76.7 Å². The monoisotopic (exact) mass is 198 g/mol. The number of ether oxygens (including phenoxy) is 1. The average molecular weight is 198 g/mol. The van der Waals surface area contributed by atoms with Crippen LogP contribution in [0, 0.1) is 6.92 Å². The van der Waals surface area contributed by atoms with E-state index in [4.69, 9.17) is 9.52 Å². The first-order valence-corrected chi connectivity index (χ1v) is 4.07. The number of hydrogen-bond acceptors (Lipinski definition) is 5. The predicted molar refractivity (Wildman–Crippen MR) is 46.1 cm³/mol. The summed E-state index contributed by atoms with van der Waals surface area (Å²) in [6, 6.07) is 1.29. The molecule has 0 aromatic carbocycles. The Labute approximate surface area is 80.3 Å². The Morgan fingerprint density at radius 2 is 2.21 bits per heavy atom. The first-order chi connectivity index (χ1) is 6.56. The van der Waals surface area contributed by atoms with Gasteiger partial charge in [-0.05, 0) is 19.9 Å². The van der Waals surface area contributed by atoms with E-state index in [1.807, 2.05) is 0 Å². The summed E-state index contributed by atoms with van der Waals surface area (Å²) in [6.45, 7) is 3.26. The van der Waals surface area contributed by atoms with Gasteiger partial charge < -0.3 is 14.3 Å². The fourth-order valence-corrected chi connectivity index (χ4v) is 0.971. The number of hydrogen-bond donors (Lipinski definition) is 1. The number of furan rings is 1. The fraction of sp³-hybridized carbons (Fsp3) is 0.333. The molecule has 1 aromatic rings. The standard InChI is InChI=1S/C9H10O5/c1-3-13-9(12)7(10)6-4-5(2)14-8(6)11/h4,11H,3H2,1-2H3. The maximum absolute atomic E-state index is 11.3. The average Bonchev–Trinajstić information content (AvgIpc) is 2.44. The maximum Gasteiger partial charge on any atom is 0.379 e. The molecule has 0 spiro atoms. The summed E-state index contributed by atoms with van der Waals surface area (Å²) >= 11 is 0. The highest BCUT2D eigenvalue weighted by molar-refractivity contribution is 6.41. The lowest BCUT2D eigenvalue weighted by molar-refractivity contribution is -0.137.